The van der Waals surface area contributed by atoms with Crippen LogP contribution in [-0.4, -0.2) is 69.5 Å². The molecule has 2 aliphatic rings. The number of pyridine rings is 2. The largest absolute Gasteiger partial charge is 0.368 e. The third-order valence-electron chi connectivity index (χ3n) is 7.65. The number of nitrogens with two attached hydrogens (primary N) is 1. The smallest absolute Gasteiger partial charge is 0.263 e. The summed E-state index contributed by atoms with van der Waals surface area (Å²) in [6.07, 6.45) is 8.56. The van der Waals surface area contributed by atoms with Crippen LogP contribution in [0.2, 0.25) is 0 Å². The lowest BCUT2D eigenvalue weighted by Crippen LogP contribution is -2.46. The Morgan fingerprint density at radius 3 is 2.47 bits per heavy atom. The van der Waals surface area contributed by atoms with E-state index in [1.54, 1.807) is 17.7 Å². The third-order valence-corrected chi connectivity index (χ3v) is 7.65. The molecule has 3 aromatic heterocycles. The van der Waals surface area contributed by atoms with Gasteiger partial charge in [-0.2, -0.15) is 4.98 Å². The lowest BCUT2D eigenvalue weighted by atomic mass is 10.0. The molecule has 1 aliphatic carbocycles. The van der Waals surface area contributed by atoms with Crippen LogP contribution in [-0.2, 0) is 0 Å². The van der Waals surface area contributed by atoms with E-state index in [-0.39, 0.29) is 35.4 Å². The molecule has 0 radical (unpaired) electrons. The first-order valence-electron chi connectivity index (χ1n) is 13.3. The third kappa shape index (κ3) is 5.67. The van der Waals surface area contributed by atoms with Crippen LogP contribution >= 0.6 is 12.4 Å². The summed E-state index contributed by atoms with van der Waals surface area (Å²) in [4.78, 5) is 44.4. The maximum absolute atomic E-state index is 13.4. The molecule has 10 nitrogen and oxygen atoms in total. The molecule has 3 aromatic rings. The second-order valence-electron chi connectivity index (χ2n) is 10.1. The molecule has 0 aromatic carbocycles. The summed E-state index contributed by atoms with van der Waals surface area (Å²) in [5.41, 5.74) is 7.92. The van der Waals surface area contributed by atoms with Crippen LogP contribution in [0.25, 0.3) is 11.0 Å². The zero-order valence-electron chi connectivity index (χ0n) is 22.2. The summed E-state index contributed by atoms with van der Waals surface area (Å²) >= 11 is 0. The van der Waals surface area contributed by atoms with E-state index >= 15 is 0 Å². The maximum atomic E-state index is 13.4. The normalized spacial score (nSPS) is 16.6. The van der Waals surface area contributed by atoms with Gasteiger partial charge in [0.1, 0.15) is 11.5 Å². The Hall–Kier alpha value is -3.08. The molecular formula is C27H37ClN8O2. The molecule has 2 fully saturated rings. The minimum absolute atomic E-state index is 0. The van der Waals surface area contributed by atoms with Crippen LogP contribution in [0.3, 0.4) is 0 Å². The summed E-state index contributed by atoms with van der Waals surface area (Å²) in [5.74, 6) is 0.790. The molecule has 4 heterocycles. The van der Waals surface area contributed by atoms with Gasteiger partial charge in [0.15, 0.2) is 5.78 Å². The molecule has 0 bridgehead atoms. The number of hydrogen-bond donors (Lipinski definition) is 2. The van der Waals surface area contributed by atoms with Crippen LogP contribution in [0.4, 0.5) is 17.5 Å². The van der Waals surface area contributed by atoms with Gasteiger partial charge in [0.25, 0.3) is 5.56 Å². The Labute approximate surface area is 229 Å². The fourth-order valence-corrected chi connectivity index (χ4v) is 5.61. The minimum Gasteiger partial charge on any atom is -0.368 e. The van der Waals surface area contributed by atoms with E-state index in [0.29, 0.717) is 23.0 Å². The molecule has 11 heteroatoms. The quantitative estimate of drug-likeness (QED) is 0.413. The first-order valence-corrected chi connectivity index (χ1v) is 13.3. The van der Waals surface area contributed by atoms with Gasteiger partial charge in [-0.1, -0.05) is 12.8 Å². The summed E-state index contributed by atoms with van der Waals surface area (Å²) in [5, 5.41) is 3.93. The van der Waals surface area contributed by atoms with Crippen molar-refractivity contribution < 1.29 is 4.79 Å². The van der Waals surface area contributed by atoms with Crippen LogP contribution in [0.1, 0.15) is 61.0 Å². The second-order valence-corrected chi connectivity index (χ2v) is 10.1. The summed E-state index contributed by atoms with van der Waals surface area (Å²) < 4.78 is 1.72. The zero-order chi connectivity index (χ0) is 25.9. The van der Waals surface area contributed by atoms with E-state index in [1.165, 1.54) is 6.92 Å². The summed E-state index contributed by atoms with van der Waals surface area (Å²) in [6, 6.07) is 4.03. The molecule has 204 valence electrons. The van der Waals surface area contributed by atoms with E-state index in [2.05, 4.69) is 31.2 Å². The lowest BCUT2D eigenvalue weighted by molar-refractivity contribution is 0.101. The van der Waals surface area contributed by atoms with Crippen molar-refractivity contribution in [2.24, 2.45) is 5.73 Å². The van der Waals surface area contributed by atoms with Crippen LogP contribution in [0.15, 0.2) is 29.3 Å². The topological polar surface area (TPSA) is 122 Å². The van der Waals surface area contributed by atoms with Crippen molar-refractivity contribution in [3.8, 4) is 0 Å². The molecule has 0 unspecified atom stereocenters. The highest BCUT2D eigenvalue weighted by atomic mass is 35.5. The fourth-order valence-electron chi connectivity index (χ4n) is 5.61. The number of fused-ring (bicyclic) bond motifs is 1. The lowest BCUT2D eigenvalue weighted by Gasteiger charge is -2.35. The van der Waals surface area contributed by atoms with Gasteiger partial charge >= 0.3 is 0 Å². The molecule has 5 rings (SSSR count). The van der Waals surface area contributed by atoms with Gasteiger partial charge in [0, 0.05) is 43.8 Å². The van der Waals surface area contributed by atoms with E-state index in [4.69, 9.17) is 10.7 Å². The minimum atomic E-state index is -0.250. The molecule has 0 atom stereocenters. The number of aryl methyl sites for hydroxylation is 1. The molecule has 0 spiro atoms. The highest BCUT2D eigenvalue weighted by Gasteiger charge is 2.26. The van der Waals surface area contributed by atoms with Gasteiger partial charge in [-0.05, 0) is 63.9 Å². The molecule has 1 saturated carbocycles. The van der Waals surface area contributed by atoms with E-state index in [9.17, 15) is 9.59 Å². The van der Waals surface area contributed by atoms with Gasteiger partial charge in [-0.25, -0.2) is 9.97 Å². The standard InChI is InChI=1S/C27H36N8O2.ClH/c1-18-22-17-30-27(32-25(22)35(20-6-3-4-7-20)26(37)24(18)19(2)36)31-23-9-8-21(16-29-23)34-14-12-33(13-15-34)11-5-10-28;/h8-9,16-17,20H,3-7,10-15,28H2,1-2H3,(H,29,30,31,32);1H. The predicted octanol–water partition coefficient (Wildman–Crippen LogP) is 3.45. The number of anilines is 3. The number of nitrogens with one attached hydrogen (secondary N) is 1. The van der Waals surface area contributed by atoms with Crippen molar-refractivity contribution in [2.75, 3.05) is 49.5 Å². The van der Waals surface area contributed by atoms with E-state index in [1.807, 2.05) is 12.3 Å². The zero-order valence-corrected chi connectivity index (χ0v) is 23.0. The van der Waals surface area contributed by atoms with E-state index < -0.39 is 0 Å². The first kappa shape index (κ1) is 27.9. The second kappa shape index (κ2) is 12.2. The predicted molar refractivity (Wildman–Crippen MR) is 153 cm³/mol. The van der Waals surface area contributed by atoms with Crippen molar-refractivity contribution in [3.05, 3.63) is 46.0 Å². The van der Waals surface area contributed by atoms with Crippen LogP contribution in [0, 0.1) is 6.92 Å². The van der Waals surface area contributed by atoms with Crippen molar-refractivity contribution in [2.45, 2.75) is 52.0 Å². The number of ketones is 1. The molecule has 38 heavy (non-hydrogen) atoms. The number of aromatic nitrogens is 4. The number of halogens is 1. The number of Topliss-reactive ketones (excluding diaryl/α,β-unsaturated/α-hetero) is 1. The van der Waals surface area contributed by atoms with Gasteiger partial charge in [-0.15, -0.1) is 12.4 Å². The number of carbonyl (C=O) groups is 1. The highest BCUT2D eigenvalue weighted by Crippen LogP contribution is 2.32. The Balaban J connectivity index is 0.00000336. The Morgan fingerprint density at radius 2 is 1.84 bits per heavy atom. The SMILES string of the molecule is CC(=O)c1c(C)c2cnc(Nc3ccc(N4CCN(CCCN)CC4)cn3)nc2n(C2CCCC2)c1=O.Cl. The van der Waals surface area contributed by atoms with E-state index in [0.717, 1.165) is 82.4 Å². The van der Waals surface area contributed by atoms with Crippen molar-refractivity contribution in [3.63, 3.8) is 0 Å². The number of nitrogens with zero attached hydrogens (tertiary/aromatic N) is 6. The Bertz CT molecular complexity index is 1330. The summed E-state index contributed by atoms with van der Waals surface area (Å²) in [7, 11) is 0. The van der Waals surface area contributed by atoms with Gasteiger partial charge in [0.05, 0.1) is 17.4 Å². The van der Waals surface area contributed by atoms with Gasteiger partial charge in [0.2, 0.25) is 5.95 Å². The van der Waals surface area contributed by atoms with Gasteiger partial charge in [-0.3, -0.25) is 19.1 Å². The average Bonchev–Trinajstić information content (AvgIpc) is 3.42. The molecule has 3 N–H and O–H groups in total. The monoisotopic (exact) mass is 540 g/mol. The van der Waals surface area contributed by atoms with Crippen molar-refractivity contribution in [1.82, 2.24) is 24.4 Å². The number of rotatable bonds is 8. The van der Waals surface area contributed by atoms with Crippen LogP contribution in [0.5, 0.6) is 0 Å². The van der Waals surface area contributed by atoms with Crippen LogP contribution < -0.4 is 21.5 Å². The number of piperazine rings is 1. The fraction of sp³-hybridized carbons (Fsp3) is 0.519. The molecular weight excluding hydrogens is 504 g/mol. The van der Waals surface area contributed by atoms with Gasteiger partial charge < -0.3 is 16.0 Å². The molecule has 1 aliphatic heterocycles. The Kier molecular flexibility index (Phi) is 8.96. The Morgan fingerprint density at radius 1 is 1.11 bits per heavy atom. The molecule has 1 saturated heterocycles. The first-order chi connectivity index (χ1) is 18.0. The average molecular weight is 541 g/mol. The molecule has 0 amide bonds. The van der Waals surface area contributed by atoms with Crippen molar-refractivity contribution >= 4 is 46.7 Å². The van der Waals surface area contributed by atoms with Crippen molar-refractivity contribution in [1.29, 1.82) is 0 Å². The number of carbonyl (C=O) groups excluding carboxylic acids is 1. The number of hydrogen-bond acceptors (Lipinski definition) is 9. The highest BCUT2D eigenvalue weighted by molar-refractivity contribution is 5.99. The maximum Gasteiger partial charge on any atom is 0.263 e. The summed E-state index contributed by atoms with van der Waals surface area (Å²) in [6.45, 7) is 9.02.